The van der Waals surface area contributed by atoms with Crippen molar-refractivity contribution in [2.24, 2.45) is 0 Å². The number of carbonyl (C=O) groups is 1. The Morgan fingerprint density at radius 1 is 1.38 bits per heavy atom. The molecule has 4 N–H and O–H groups in total. The first-order valence-electron chi connectivity index (χ1n) is 7.21. The molecule has 0 bridgehead atoms. The van der Waals surface area contributed by atoms with E-state index in [1.165, 1.54) is 18.0 Å². The Hall–Kier alpha value is -2.65. The number of anilines is 2. The molecule has 0 radical (unpaired) electrons. The molecule has 0 aliphatic rings. The van der Waals surface area contributed by atoms with E-state index < -0.39 is 0 Å². The van der Waals surface area contributed by atoms with Gasteiger partial charge >= 0.3 is 0 Å². The van der Waals surface area contributed by atoms with Crippen LogP contribution in [-0.4, -0.2) is 50.6 Å². The van der Waals surface area contributed by atoms with E-state index in [0.29, 0.717) is 16.5 Å². The van der Waals surface area contributed by atoms with Crippen LogP contribution >= 0.6 is 11.8 Å². The van der Waals surface area contributed by atoms with Crippen molar-refractivity contribution >= 4 is 40.1 Å². The van der Waals surface area contributed by atoms with E-state index in [9.17, 15) is 4.79 Å². The maximum atomic E-state index is 12.2. The van der Waals surface area contributed by atoms with E-state index in [0.717, 1.165) is 16.6 Å². The number of benzene rings is 1. The number of hydrogen-bond donors (Lipinski definition) is 4. The summed E-state index contributed by atoms with van der Waals surface area (Å²) in [5, 5.41) is 23.0. The Bertz CT molecular complexity index is 866. The van der Waals surface area contributed by atoms with Crippen molar-refractivity contribution in [3.63, 3.8) is 0 Å². The number of carbonyl (C=O) groups excluding carboxylic acids is 1. The first kappa shape index (κ1) is 16.2. The average molecular weight is 344 g/mol. The zero-order chi connectivity index (χ0) is 16.9. The molecule has 3 aromatic rings. The topological polar surface area (TPSA) is 116 Å². The predicted molar refractivity (Wildman–Crippen MR) is 92.6 cm³/mol. The van der Waals surface area contributed by atoms with Gasteiger partial charge in [0.15, 0.2) is 5.16 Å². The average Bonchev–Trinajstić information content (AvgIpc) is 3.07. The molecule has 2 aromatic heterocycles. The molecule has 0 aliphatic heterocycles. The lowest BCUT2D eigenvalue weighted by molar-refractivity contribution is 0.0945. The molecule has 124 valence electrons. The summed E-state index contributed by atoms with van der Waals surface area (Å²) in [6.07, 6.45) is 5.06. The maximum absolute atomic E-state index is 12.2. The summed E-state index contributed by atoms with van der Waals surface area (Å²) in [6.45, 7) is 0.0406. The number of H-pyrrole nitrogens is 1. The van der Waals surface area contributed by atoms with Crippen LogP contribution < -0.4 is 10.6 Å². The van der Waals surface area contributed by atoms with Crippen LogP contribution in [0.3, 0.4) is 0 Å². The van der Waals surface area contributed by atoms with E-state index in [1.807, 2.05) is 24.5 Å². The van der Waals surface area contributed by atoms with E-state index in [4.69, 9.17) is 5.11 Å². The van der Waals surface area contributed by atoms with Crippen LogP contribution in [0.1, 0.15) is 10.4 Å². The quantitative estimate of drug-likeness (QED) is 0.396. The fraction of sp³-hybridized carbons (Fsp3) is 0.200. The van der Waals surface area contributed by atoms with Crippen molar-refractivity contribution in [1.29, 1.82) is 0 Å². The second kappa shape index (κ2) is 7.28. The van der Waals surface area contributed by atoms with Crippen LogP contribution in [0, 0.1) is 0 Å². The van der Waals surface area contributed by atoms with Crippen molar-refractivity contribution < 1.29 is 9.90 Å². The molecule has 24 heavy (non-hydrogen) atoms. The Balaban J connectivity index is 1.93. The number of nitrogens with one attached hydrogen (secondary N) is 3. The van der Waals surface area contributed by atoms with Crippen LogP contribution in [0.25, 0.3) is 10.9 Å². The minimum Gasteiger partial charge on any atom is -0.395 e. The minimum atomic E-state index is -0.344. The summed E-state index contributed by atoms with van der Waals surface area (Å²) < 4.78 is 0. The predicted octanol–water partition coefficient (Wildman–Crippen LogP) is 1.54. The number of rotatable bonds is 6. The van der Waals surface area contributed by atoms with Crippen LogP contribution in [0.2, 0.25) is 0 Å². The number of aliphatic hydroxyl groups excluding tert-OH is 1. The highest BCUT2D eigenvalue weighted by atomic mass is 32.2. The third-order valence-corrected chi connectivity index (χ3v) is 3.86. The van der Waals surface area contributed by atoms with Crippen LogP contribution in [0.4, 0.5) is 11.5 Å². The van der Waals surface area contributed by atoms with E-state index in [2.05, 4.69) is 30.8 Å². The van der Waals surface area contributed by atoms with Gasteiger partial charge < -0.3 is 15.7 Å². The zero-order valence-corrected chi connectivity index (χ0v) is 13.7. The third-order valence-electron chi connectivity index (χ3n) is 3.29. The highest BCUT2D eigenvalue weighted by Crippen LogP contribution is 2.23. The highest BCUT2D eigenvalue weighted by Gasteiger charge is 2.15. The van der Waals surface area contributed by atoms with Crippen molar-refractivity contribution in [1.82, 2.24) is 25.5 Å². The molecule has 0 unspecified atom stereocenters. The molecule has 2 heterocycles. The molecular weight excluding hydrogens is 328 g/mol. The molecule has 0 fully saturated rings. The molecule has 9 heteroatoms. The molecule has 3 rings (SSSR count). The van der Waals surface area contributed by atoms with Gasteiger partial charge in [-0.3, -0.25) is 9.89 Å². The number of amides is 1. The number of hydrogen-bond acceptors (Lipinski definition) is 7. The minimum absolute atomic E-state index is 0.130. The second-order valence-electron chi connectivity index (χ2n) is 4.90. The van der Waals surface area contributed by atoms with E-state index >= 15 is 0 Å². The molecular formula is C15H16N6O2S. The fourth-order valence-electron chi connectivity index (χ4n) is 2.15. The summed E-state index contributed by atoms with van der Waals surface area (Å²) in [7, 11) is 0. The molecule has 8 nitrogen and oxygen atoms in total. The normalized spacial score (nSPS) is 10.8. The molecule has 0 spiro atoms. The van der Waals surface area contributed by atoms with Gasteiger partial charge in [0.05, 0.1) is 18.3 Å². The van der Waals surface area contributed by atoms with Crippen LogP contribution in [0.5, 0.6) is 0 Å². The zero-order valence-electron chi connectivity index (χ0n) is 12.9. The summed E-state index contributed by atoms with van der Waals surface area (Å²) in [5.74, 6) is 0.0660. The second-order valence-corrected chi connectivity index (χ2v) is 5.67. The molecule has 0 saturated carbocycles. The number of aromatic amines is 1. The number of nitrogens with zero attached hydrogens (tertiary/aromatic N) is 3. The number of aliphatic hydroxyl groups is 1. The lowest BCUT2D eigenvalue weighted by atomic mass is 10.2. The summed E-state index contributed by atoms with van der Waals surface area (Å²) in [4.78, 5) is 20.7. The van der Waals surface area contributed by atoms with Crippen molar-refractivity contribution in [3.05, 3.63) is 36.2 Å². The van der Waals surface area contributed by atoms with E-state index in [-0.39, 0.29) is 19.1 Å². The van der Waals surface area contributed by atoms with E-state index in [1.54, 1.807) is 6.20 Å². The van der Waals surface area contributed by atoms with Crippen LogP contribution in [-0.2, 0) is 0 Å². The van der Waals surface area contributed by atoms with Gasteiger partial charge in [-0.25, -0.2) is 9.97 Å². The van der Waals surface area contributed by atoms with Gasteiger partial charge in [0.2, 0.25) is 0 Å². The fourth-order valence-corrected chi connectivity index (χ4v) is 2.49. The number of thioether (sulfide) groups is 1. The van der Waals surface area contributed by atoms with Gasteiger partial charge in [-0.15, -0.1) is 0 Å². The molecule has 1 amide bonds. The lowest BCUT2D eigenvalue weighted by Gasteiger charge is -2.12. The van der Waals surface area contributed by atoms with Gasteiger partial charge in [0.25, 0.3) is 5.91 Å². The van der Waals surface area contributed by atoms with Gasteiger partial charge in [-0.05, 0) is 24.5 Å². The lowest BCUT2D eigenvalue weighted by Crippen LogP contribution is -2.27. The van der Waals surface area contributed by atoms with Crippen LogP contribution in [0.15, 0.2) is 35.7 Å². The summed E-state index contributed by atoms with van der Waals surface area (Å²) in [5.41, 5.74) is 2.02. The number of fused-ring (bicyclic) bond motifs is 1. The van der Waals surface area contributed by atoms with Gasteiger partial charge in [-0.1, -0.05) is 11.8 Å². The van der Waals surface area contributed by atoms with Gasteiger partial charge in [0, 0.05) is 23.8 Å². The third kappa shape index (κ3) is 3.47. The highest BCUT2D eigenvalue weighted by molar-refractivity contribution is 7.98. The molecule has 0 aliphatic carbocycles. The van der Waals surface area contributed by atoms with Crippen molar-refractivity contribution in [2.75, 3.05) is 24.7 Å². The van der Waals surface area contributed by atoms with Gasteiger partial charge in [0.1, 0.15) is 11.4 Å². The van der Waals surface area contributed by atoms with Crippen molar-refractivity contribution in [2.45, 2.75) is 5.16 Å². The first-order valence-corrected chi connectivity index (χ1v) is 8.44. The number of aromatic nitrogens is 4. The summed E-state index contributed by atoms with van der Waals surface area (Å²) >= 11 is 1.39. The Labute approximate surface area is 142 Å². The maximum Gasteiger partial charge on any atom is 0.256 e. The summed E-state index contributed by atoms with van der Waals surface area (Å²) in [6, 6.07) is 5.68. The monoisotopic (exact) mass is 344 g/mol. The Morgan fingerprint density at radius 3 is 3.04 bits per heavy atom. The smallest absolute Gasteiger partial charge is 0.256 e. The van der Waals surface area contributed by atoms with Crippen molar-refractivity contribution in [3.8, 4) is 0 Å². The molecule has 0 atom stereocenters. The SMILES string of the molecule is CSc1ncc(C(=O)NCCO)c(Nc2ccc3[nH]ncc3c2)n1. The van der Waals surface area contributed by atoms with Gasteiger partial charge in [-0.2, -0.15) is 5.10 Å². The molecule has 0 saturated heterocycles. The standard InChI is InChI=1S/C15H16N6O2S/c1-24-15-17-8-11(14(23)16-4-5-22)13(20-15)19-10-2-3-12-9(6-10)7-18-21-12/h2-3,6-8,22H,4-5H2,1H3,(H,16,23)(H,18,21)(H,17,19,20). The first-order chi connectivity index (χ1) is 11.7. The molecule has 1 aromatic carbocycles. The largest absolute Gasteiger partial charge is 0.395 e. The Kier molecular flexibility index (Phi) is 4.92. The Morgan fingerprint density at radius 2 is 2.25 bits per heavy atom.